The van der Waals surface area contributed by atoms with Crippen molar-refractivity contribution in [2.75, 3.05) is 126 Å². The molecule has 20 nitrogen and oxygen atoms in total. The monoisotopic (exact) mass is 1050 g/mol. The standard InChI is InChI=1S/C57H70N14O6/c1-7-77-50-32-41(16-17-45(50)60-57-59-35-47-52(61-57)65(5)46-11-9-8-10-42(46)56(76)66(47)6)69-21-18-39(19-22-69)55(75)70-30-28-68(29-31-70)36-38-12-14-40(15-13-38)71-51(44-33-43(37(2)3)48(72)34-49(44)73)62-63-53(71)54(74)58-20-23-67-26-24-64(4)25-27-67/h8-17,32-35,37,39,72-73H,7,18-31,36H2,1-6H3,(H,58,74)(H,59,60,61). The number of hydrogen-bond acceptors (Lipinski definition) is 16. The molecule has 0 radical (unpaired) electrons. The predicted molar refractivity (Wildman–Crippen MR) is 297 cm³/mol. The minimum absolute atomic E-state index is 0.0129. The van der Waals surface area contributed by atoms with Crippen molar-refractivity contribution in [3.05, 3.63) is 108 Å². The molecule has 4 aliphatic heterocycles. The number of ether oxygens (including phenoxy) is 1. The minimum atomic E-state index is -0.373. The Kier molecular flexibility index (Phi) is 15.6. The molecule has 10 rings (SSSR count). The van der Waals surface area contributed by atoms with Gasteiger partial charge in [0.05, 0.1) is 35.3 Å². The summed E-state index contributed by atoms with van der Waals surface area (Å²) in [6, 6.07) is 24.5. The highest BCUT2D eigenvalue weighted by Gasteiger charge is 2.33. The number of anilines is 6. The number of amides is 3. The average molecular weight is 1050 g/mol. The van der Waals surface area contributed by atoms with Crippen LogP contribution in [0.2, 0.25) is 0 Å². The fourth-order valence-electron chi connectivity index (χ4n) is 10.8. The largest absolute Gasteiger partial charge is 0.508 e. The Bertz CT molecular complexity index is 3110. The van der Waals surface area contributed by atoms with Gasteiger partial charge >= 0.3 is 0 Å². The van der Waals surface area contributed by atoms with E-state index in [1.54, 1.807) is 28.8 Å². The molecule has 4 aliphatic rings. The van der Waals surface area contributed by atoms with Gasteiger partial charge in [-0.25, -0.2) is 4.98 Å². The van der Waals surface area contributed by atoms with Crippen molar-refractivity contribution in [2.45, 2.75) is 46.1 Å². The lowest BCUT2D eigenvalue weighted by Crippen LogP contribution is -2.51. The first-order valence-corrected chi connectivity index (χ1v) is 26.8. The molecule has 3 saturated heterocycles. The number of nitrogens with zero attached hydrogens (tertiary/aromatic N) is 12. The molecule has 4 aromatic carbocycles. The number of hydrogen-bond donors (Lipinski definition) is 4. The van der Waals surface area contributed by atoms with Crippen molar-refractivity contribution in [1.82, 2.24) is 49.6 Å². The van der Waals surface area contributed by atoms with Gasteiger partial charge in [0, 0.05) is 129 Å². The highest BCUT2D eigenvalue weighted by Crippen LogP contribution is 2.41. The predicted octanol–water partition coefficient (Wildman–Crippen LogP) is 6.30. The van der Waals surface area contributed by atoms with Crippen LogP contribution in [0.25, 0.3) is 17.1 Å². The van der Waals surface area contributed by atoms with E-state index < -0.39 is 0 Å². The van der Waals surface area contributed by atoms with Crippen molar-refractivity contribution in [3.63, 3.8) is 0 Å². The second-order valence-corrected chi connectivity index (χ2v) is 20.8. The highest BCUT2D eigenvalue weighted by molar-refractivity contribution is 6.13. The van der Waals surface area contributed by atoms with Gasteiger partial charge in [-0.1, -0.05) is 38.1 Å². The summed E-state index contributed by atoms with van der Waals surface area (Å²) < 4.78 is 7.82. The normalized spacial score (nSPS) is 16.8. The molecule has 0 aliphatic carbocycles. The first-order valence-electron chi connectivity index (χ1n) is 26.8. The summed E-state index contributed by atoms with van der Waals surface area (Å²) in [5.74, 6) is 1.48. The lowest BCUT2D eigenvalue weighted by Gasteiger charge is -2.39. The molecule has 0 unspecified atom stereocenters. The van der Waals surface area contributed by atoms with Gasteiger partial charge in [0.1, 0.15) is 22.9 Å². The third-order valence-electron chi connectivity index (χ3n) is 15.4. The van der Waals surface area contributed by atoms with Gasteiger partial charge in [-0.05, 0) is 86.3 Å². The maximum Gasteiger partial charge on any atom is 0.289 e. The van der Waals surface area contributed by atoms with Gasteiger partial charge in [0.15, 0.2) is 11.6 Å². The Labute approximate surface area is 449 Å². The zero-order chi connectivity index (χ0) is 53.9. The Morgan fingerprint density at radius 1 is 0.766 bits per heavy atom. The highest BCUT2D eigenvalue weighted by atomic mass is 16.5. The van der Waals surface area contributed by atoms with Crippen LogP contribution in [0.15, 0.2) is 85.1 Å². The van der Waals surface area contributed by atoms with Crippen molar-refractivity contribution < 1.29 is 29.3 Å². The molecule has 0 saturated carbocycles. The SMILES string of the molecule is CCOc1cc(N2CCC(C(=O)N3CCN(Cc4ccc(-n5c(C(=O)NCCN6CCN(C)CC6)nnc5-c5cc(C(C)C)c(O)cc5O)cc4)CC3)CC2)ccc1Nc1ncc2c(n1)N(C)c1ccccc1C(=O)N2C. The van der Waals surface area contributed by atoms with Crippen LogP contribution in [-0.2, 0) is 11.3 Å². The van der Waals surface area contributed by atoms with E-state index in [9.17, 15) is 24.6 Å². The molecule has 3 fully saturated rings. The fourth-order valence-corrected chi connectivity index (χ4v) is 10.8. The van der Waals surface area contributed by atoms with Crippen LogP contribution in [0.1, 0.15) is 71.6 Å². The molecule has 6 heterocycles. The van der Waals surface area contributed by atoms with E-state index in [1.807, 2.05) is 98.3 Å². The zero-order valence-corrected chi connectivity index (χ0v) is 44.9. The summed E-state index contributed by atoms with van der Waals surface area (Å²) in [6.45, 7) is 16.3. The minimum Gasteiger partial charge on any atom is -0.508 e. The van der Waals surface area contributed by atoms with Crippen LogP contribution >= 0.6 is 0 Å². The molecule has 3 amide bonds. The molecule has 2 aromatic heterocycles. The number of likely N-dealkylation sites (N-methyl/N-ethyl adjacent to an activating group) is 1. The van der Waals surface area contributed by atoms with Crippen molar-refractivity contribution >= 4 is 52.2 Å². The van der Waals surface area contributed by atoms with Gasteiger partial charge in [0.25, 0.3) is 11.8 Å². The number of phenols is 2. The van der Waals surface area contributed by atoms with Gasteiger partial charge in [0.2, 0.25) is 17.7 Å². The first kappa shape index (κ1) is 52.6. The van der Waals surface area contributed by atoms with E-state index >= 15 is 0 Å². The molecular formula is C57H70N14O6. The summed E-state index contributed by atoms with van der Waals surface area (Å²) in [4.78, 5) is 65.4. The van der Waals surface area contributed by atoms with Crippen LogP contribution < -0.4 is 30.1 Å². The van der Waals surface area contributed by atoms with E-state index in [0.717, 1.165) is 94.4 Å². The summed E-state index contributed by atoms with van der Waals surface area (Å²) in [6.07, 6.45) is 3.17. The average Bonchev–Trinajstić information content (AvgIpc) is 3.87. The number of aromatic nitrogens is 5. The number of piperidine rings is 1. The van der Waals surface area contributed by atoms with E-state index in [2.05, 4.69) is 58.5 Å². The van der Waals surface area contributed by atoms with E-state index in [-0.39, 0.29) is 52.7 Å². The molecule has 77 heavy (non-hydrogen) atoms. The Morgan fingerprint density at radius 3 is 2.21 bits per heavy atom. The zero-order valence-electron chi connectivity index (χ0n) is 44.9. The molecule has 20 heteroatoms. The Balaban J connectivity index is 0.745. The fraction of sp³-hybridized carbons (Fsp3) is 0.421. The lowest BCUT2D eigenvalue weighted by atomic mass is 9.94. The Hall–Kier alpha value is -7.81. The molecule has 0 bridgehead atoms. The van der Waals surface area contributed by atoms with Gasteiger partial charge < -0.3 is 50.1 Å². The van der Waals surface area contributed by atoms with Gasteiger partial charge in [-0.3, -0.25) is 28.8 Å². The second kappa shape index (κ2) is 22.8. The Morgan fingerprint density at radius 2 is 1.48 bits per heavy atom. The van der Waals surface area contributed by atoms with Gasteiger partial charge in [-0.2, -0.15) is 4.98 Å². The first-order chi connectivity index (χ1) is 37.2. The third kappa shape index (κ3) is 11.2. The summed E-state index contributed by atoms with van der Waals surface area (Å²) in [7, 11) is 5.74. The maximum atomic E-state index is 14.0. The quantitative estimate of drug-likeness (QED) is 0.0892. The number of nitrogens with one attached hydrogen (secondary N) is 2. The summed E-state index contributed by atoms with van der Waals surface area (Å²) in [5, 5.41) is 37.0. The molecule has 404 valence electrons. The van der Waals surface area contributed by atoms with Crippen LogP contribution in [0.4, 0.5) is 34.5 Å². The smallest absolute Gasteiger partial charge is 0.289 e. The molecule has 4 N–H and O–H groups in total. The number of aromatic hydroxyl groups is 2. The van der Waals surface area contributed by atoms with E-state index in [1.165, 1.54) is 6.07 Å². The molecular weight excluding hydrogens is 977 g/mol. The number of carbonyl (C=O) groups is 3. The van der Waals surface area contributed by atoms with E-state index in [0.29, 0.717) is 78.4 Å². The van der Waals surface area contributed by atoms with Gasteiger partial charge in [-0.15, -0.1) is 10.2 Å². The van der Waals surface area contributed by atoms with Crippen LogP contribution in [-0.4, -0.2) is 179 Å². The number of benzene rings is 4. The topological polar surface area (TPSA) is 204 Å². The lowest BCUT2D eigenvalue weighted by molar-refractivity contribution is -0.138. The third-order valence-corrected chi connectivity index (χ3v) is 15.4. The summed E-state index contributed by atoms with van der Waals surface area (Å²) in [5.41, 5.74) is 6.42. The van der Waals surface area contributed by atoms with Crippen LogP contribution in [0, 0.1) is 5.92 Å². The van der Waals surface area contributed by atoms with Crippen molar-refractivity contribution in [2.24, 2.45) is 5.92 Å². The second-order valence-electron chi connectivity index (χ2n) is 20.8. The van der Waals surface area contributed by atoms with Crippen LogP contribution in [0.5, 0.6) is 17.2 Å². The molecule has 6 aromatic rings. The number of rotatable bonds is 15. The number of carbonyl (C=O) groups excluding carboxylic acids is 3. The maximum absolute atomic E-state index is 14.0. The van der Waals surface area contributed by atoms with E-state index in [4.69, 9.17) is 9.72 Å². The molecule has 0 atom stereocenters. The number of piperazine rings is 2. The van der Waals surface area contributed by atoms with Crippen LogP contribution in [0.3, 0.4) is 0 Å². The summed E-state index contributed by atoms with van der Waals surface area (Å²) >= 11 is 0. The van der Waals surface area contributed by atoms with Crippen molar-refractivity contribution in [1.29, 1.82) is 0 Å². The van der Waals surface area contributed by atoms with Crippen molar-refractivity contribution in [3.8, 4) is 34.3 Å². The molecule has 0 spiro atoms. The number of para-hydroxylation sites is 1. The number of phenolic OH excluding ortho intramolecular Hbond substituents is 2. The number of fused-ring (bicyclic) bond motifs is 2.